The average Bonchev–Trinajstić information content (AvgIpc) is 2.27. The molecule has 3 nitrogen and oxygen atoms in total. The largest absolute Gasteiger partial charge is 0.340 e. The molecule has 0 aliphatic carbocycles. The van der Waals surface area contributed by atoms with E-state index in [0.717, 1.165) is 32.7 Å². The Labute approximate surface area is 105 Å². The molecule has 16 heavy (non-hydrogen) atoms. The predicted octanol–water partition coefficient (Wildman–Crippen LogP) is 2.05. The third-order valence-electron chi connectivity index (χ3n) is 2.63. The number of hydrogen-bond donors (Lipinski definition) is 0. The molecule has 0 spiro atoms. The van der Waals surface area contributed by atoms with E-state index in [9.17, 15) is 4.79 Å². The van der Waals surface area contributed by atoms with E-state index in [4.69, 9.17) is 11.6 Å². The number of halogens is 1. The van der Waals surface area contributed by atoms with Gasteiger partial charge in [-0.05, 0) is 19.0 Å². The van der Waals surface area contributed by atoms with E-state index < -0.39 is 0 Å². The topological polar surface area (TPSA) is 23.6 Å². The first-order valence-corrected chi connectivity index (χ1v) is 6.64. The summed E-state index contributed by atoms with van der Waals surface area (Å²) in [5.41, 5.74) is 0. The maximum absolute atomic E-state index is 11.6. The van der Waals surface area contributed by atoms with E-state index in [1.54, 1.807) is 0 Å². The van der Waals surface area contributed by atoms with E-state index >= 15 is 0 Å². The Kier molecular flexibility index (Phi) is 8.67. The molecule has 0 heterocycles. The van der Waals surface area contributed by atoms with Gasteiger partial charge in [-0.2, -0.15) is 0 Å². The molecule has 0 radical (unpaired) electrons. The second-order valence-electron chi connectivity index (χ2n) is 4.39. The highest BCUT2D eigenvalue weighted by atomic mass is 35.5. The van der Waals surface area contributed by atoms with E-state index in [0.29, 0.717) is 5.92 Å². The van der Waals surface area contributed by atoms with Crippen molar-refractivity contribution >= 4 is 17.5 Å². The molecule has 0 saturated heterocycles. The van der Waals surface area contributed by atoms with Gasteiger partial charge in [0.05, 0.1) is 0 Å². The summed E-state index contributed by atoms with van der Waals surface area (Å²) in [6, 6.07) is 0. The summed E-state index contributed by atoms with van der Waals surface area (Å²) in [6.45, 7) is 13.1. The number of alkyl halides is 1. The Bertz CT molecular complexity index is 193. The second-order valence-corrected chi connectivity index (χ2v) is 4.66. The van der Waals surface area contributed by atoms with Crippen LogP contribution >= 0.6 is 11.6 Å². The maximum atomic E-state index is 11.6. The van der Waals surface area contributed by atoms with Crippen molar-refractivity contribution in [3.63, 3.8) is 0 Å². The number of likely N-dealkylation sites (N-methyl/N-ethyl adjacent to an activating group) is 1. The highest BCUT2D eigenvalue weighted by molar-refractivity contribution is 6.27. The van der Waals surface area contributed by atoms with Crippen LogP contribution in [0.2, 0.25) is 0 Å². The van der Waals surface area contributed by atoms with Gasteiger partial charge in [0, 0.05) is 19.6 Å². The Morgan fingerprint density at radius 2 is 1.75 bits per heavy atom. The summed E-state index contributed by atoms with van der Waals surface area (Å²) in [7, 11) is 0. The third kappa shape index (κ3) is 6.33. The molecule has 96 valence electrons. The Balaban J connectivity index is 4.15. The smallest absolute Gasteiger partial charge is 0.237 e. The number of hydrogen-bond acceptors (Lipinski definition) is 2. The van der Waals surface area contributed by atoms with Crippen LogP contribution in [-0.4, -0.2) is 54.3 Å². The molecular weight excluding hydrogens is 224 g/mol. The van der Waals surface area contributed by atoms with Gasteiger partial charge in [-0.1, -0.05) is 27.7 Å². The maximum Gasteiger partial charge on any atom is 0.237 e. The zero-order chi connectivity index (χ0) is 12.6. The standard InChI is InChI=1S/C12H25ClN2O/c1-5-14(6-2)7-8-15(10-11(3)4)12(16)9-13/h11H,5-10H2,1-4H3. The van der Waals surface area contributed by atoms with Gasteiger partial charge in [0.15, 0.2) is 0 Å². The van der Waals surface area contributed by atoms with Crippen LogP contribution in [0.1, 0.15) is 27.7 Å². The molecule has 4 heteroatoms. The van der Waals surface area contributed by atoms with Crippen molar-refractivity contribution in [3.05, 3.63) is 0 Å². The second kappa shape index (κ2) is 8.82. The number of nitrogens with zero attached hydrogens (tertiary/aromatic N) is 2. The molecule has 0 bridgehead atoms. The molecule has 0 aromatic rings. The number of carbonyl (C=O) groups excluding carboxylic acids is 1. The first-order valence-electron chi connectivity index (χ1n) is 6.11. The molecule has 0 atom stereocenters. The van der Waals surface area contributed by atoms with Crippen molar-refractivity contribution in [1.82, 2.24) is 9.80 Å². The average molecular weight is 249 g/mol. The third-order valence-corrected chi connectivity index (χ3v) is 2.86. The van der Waals surface area contributed by atoms with Crippen LogP contribution in [0.25, 0.3) is 0 Å². The van der Waals surface area contributed by atoms with Crippen LogP contribution in [0.3, 0.4) is 0 Å². The van der Waals surface area contributed by atoms with Crippen molar-refractivity contribution in [2.45, 2.75) is 27.7 Å². The molecule has 0 fully saturated rings. The van der Waals surface area contributed by atoms with Gasteiger partial charge in [0.2, 0.25) is 5.91 Å². The van der Waals surface area contributed by atoms with Crippen LogP contribution in [0.4, 0.5) is 0 Å². The highest BCUT2D eigenvalue weighted by Gasteiger charge is 2.14. The summed E-state index contributed by atoms with van der Waals surface area (Å²) in [4.78, 5) is 15.8. The van der Waals surface area contributed by atoms with E-state index in [1.165, 1.54) is 0 Å². The normalized spacial score (nSPS) is 11.2. The summed E-state index contributed by atoms with van der Waals surface area (Å²) in [6.07, 6.45) is 0. The number of rotatable bonds is 8. The van der Waals surface area contributed by atoms with Crippen molar-refractivity contribution < 1.29 is 4.79 Å². The Hall–Kier alpha value is -0.280. The SMILES string of the molecule is CCN(CC)CCN(CC(C)C)C(=O)CCl. The lowest BCUT2D eigenvalue weighted by Gasteiger charge is -2.27. The zero-order valence-corrected chi connectivity index (χ0v) is 11.8. The van der Waals surface area contributed by atoms with Crippen molar-refractivity contribution in [2.24, 2.45) is 5.92 Å². The lowest BCUT2D eigenvalue weighted by atomic mass is 10.2. The molecule has 0 saturated carbocycles. The van der Waals surface area contributed by atoms with Gasteiger partial charge in [0.1, 0.15) is 5.88 Å². The summed E-state index contributed by atoms with van der Waals surface area (Å²) in [5, 5.41) is 0. The number of carbonyl (C=O) groups is 1. The predicted molar refractivity (Wildman–Crippen MR) is 69.9 cm³/mol. The van der Waals surface area contributed by atoms with E-state index in [2.05, 4.69) is 32.6 Å². The highest BCUT2D eigenvalue weighted by Crippen LogP contribution is 2.01. The minimum absolute atomic E-state index is 0.0440. The molecule has 0 aromatic heterocycles. The van der Waals surface area contributed by atoms with E-state index in [-0.39, 0.29) is 11.8 Å². The molecule has 0 unspecified atom stereocenters. The van der Waals surface area contributed by atoms with Gasteiger partial charge in [-0.15, -0.1) is 11.6 Å². The Morgan fingerprint density at radius 1 is 1.19 bits per heavy atom. The van der Waals surface area contributed by atoms with Crippen LogP contribution < -0.4 is 0 Å². The van der Waals surface area contributed by atoms with Crippen LogP contribution in [0.5, 0.6) is 0 Å². The monoisotopic (exact) mass is 248 g/mol. The fourth-order valence-corrected chi connectivity index (χ4v) is 1.81. The van der Waals surface area contributed by atoms with Crippen LogP contribution in [-0.2, 0) is 4.79 Å². The van der Waals surface area contributed by atoms with Crippen molar-refractivity contribution in [2.75, 3.05) is 38.6 Å². The molecule has 1 amide bonds. The van der Waals surface area contributed by atoms with E-state index in [1.807, 2.05) is 4.90 Å². The fraction of sp³-hybridized carbons (Fsp3) is 0.917. The molecule has 0 N–H and O–H groups in total. The summed E-state index contributed by atoms with van der Waals surface area (Å²) in [5.74, 6) is 0.622. The zero-order valence-electron chi connectivity index (χ0n) is 11.0. The lowest BCUT2D eigenvalue weighted by Crippen LogP contribution is -2.41. The molecule has 0 rings (SSSR count). The summed E-state index contributed by atoms with van der Waals surface area (Å²) >= 11 is 5.61. The summed E-state index contributed by atoms with van der Waals surface area (Å²) < 4.78 is 0. The van der Waals surface area contributed by atoms with Crippen LogP contribution in [0, 0.1) is 5.92 Å². The Morgan fingerprint density at radius 3 is 2.12 bits per heavy atom. The molecule has 0 aliphatic rings. The van der Waals surface area contributed by atoms with Crippen molar-refractivity contribution in [3.8, 4) is 0 Å². The first-order chi connectivity index (χ1) is 7.54. The van der Waals surface area contributed by atoms with Gasteiger partial charge >= 0.3 is 0 Å². The first kappa shape index (κ1) is 15.7. The molecule has 0 aliphatic heterocycles. The van der Waals surface area contributed by atoms with Gasteiger partial charge in [0.25, 0.3) is 0 Å². The lowest BCUT2D eigenvalue weighted by molar-refractivity contribution is -0.129. The van der Waals surface area contributed by atoms with Crippen molar-refractivity contribution in [1.29, 1.82) is 0 Å². The van der Waals surface area contributed by atoms with Crippen LogP contribution in [0.15, 0.2) is 0 Å². The van der Waals surface area contributed by atoms with Gasteiger partial charge < -0.3 is 9.80 Å². The quantitative estimate of drug-likeness (QED) is 0.614. The fourth-order valence-electron chi connectivity index (χ4n) is 1.65. The van der Waals surface area contributed by atoms with Gasteiger partial charge in [-0.3, -0.25) is 4.79 Å². The minimum Gasteiger partial charge on any atom is -0.340 e. The van der Waals surface area contributed by atoms with Gasteiger partial charge in [-0.25, -0.2) is 0 Å². The number of amides is 1. The minimum atomic E-state index is 0.0440. The molecule has 0 aromatic carbocycles. The molecular formula is C12H25ClN2O.